The third-order valence-electron chi connectivity index (χ3n) is 4.67. The van der Waals surface area contributed by atoms with Crippen molar-refractivity contribution in [1.29, 1.82) is 0 Å². The summed E-state index contributed by atoms with van der Waals surface area (Å²) < 4.78 is 31.6. The molecule has 3 rings (SSSR count). The zero-order chi connectivity index (χ0) is 22.1. The van der Waals surface area contributed by atoms with Gasteiger partial charge in [0.2, 0.25) is 0 Å². The van der Waals surface area contributed by atoms with Crippen LogP contribution in [-0.4, -0.2) is 31.5 Å². The van der Waals surface area contributed by atoms with Crippen molar-refractivity contribution in [3.63, 3.8) is 0 Å². The zero-order valence-corrected chi connectivity index (χ0v) is 18.6. The molecule has 0 aliphatic heterocycles. The Labute approximate surface area is 187 Å². The fourth-order valence-corrected chi connectivity index (χ4v) is 3.21. The average Bonchev–Trinajstić information content (AvgIpc) is 2.79. The molecule has 31 heavy (non-hydrogen) atoms. The number of hydrogen-bond donors (Lipinski definition) is 2. The Kier molecular flexibility index (Phi) is 8.41. The lowest BCUT2D eigenvalue weighted by molar-refractivity contribution is 0.300. The van der Waals surface area contributed by atoms with Crippen LogP contribution >= 0.6 is 12.6 Å². The molecule has 7 heteroatoms. The molecule has 0 unspecified atom stereocenters. The van der Waals surface area contributed by atoms with Gasteiger partial charge in [-0.2, -0.15) is 12.6 Å². The summed E-state index contributed by atoms with van der Waals surface area (Å²) in [5.74, 6) is 2.23. The summed E-state index contributed by atoms with van der Waals surface area (Å²) in [5.41, 5.74) is 1.34. The number of aromatic nitrogens is 1. The van der Waals surface area contributed by atoms with Gasteiger partial charge in [-0.3, -0.25) is 4.98 Å². The number of unbranched alkanes of at least 4 members (excludes halogenated alkanes) is 1. The molecule has 0 bridgehead atoms. The highest BCUT2D eigenvalue weighted by atomic mass is 32.1. The van der Waals surface area contributed by atoms with Crippen LogP contribution in [0.4, 0.5) is 10.1 Å². The van der Waals surface area contributed by atoms with Crippen LogP contribution in [-0.2, 0) is 0 Å². The fourth-order valence-electron chi connectivity index (χ4n) is 3.03. The van der Waals surface area contributed by atoms with Crippen molar-refractivity contribution < 1.29 is 18.6 Å². The number of halogens is 1. The van der Waals surface area contributed by atoms with E-state index in [0.717, 1.165) is 25.0 Å². The summed E-state index contributed by atoms with van der Waals surface area (Å²) in [6.45, 7) is 0.526. The van der Waals surface area contributed by atoms with E-state index >= 15 is 0 Å². The summed E-state index contributed by atoms with van der Waals surface area (Å²) >= 11 is 4.20. The number of allylic oxidation sites excluding steroid dienone is 1. The van der Waals surface area contributed by atoms with Crippen molar-refractivity contribution >= 4 is 29.2 Å². The number of anilines is 1. The molecule has 0 spiro atoms. The molecule has 0 amide bonds. The van der Waals surface area contributed by atoms with Gasteiger partial charge in [-0.15, -0.1) is 0 Å². The number of methoxy groups -OCH3 is 1. The SMILES string of the molecule is CNc1ccc(Oc2ccnc3cc(OCC/C=C/CCCS)c(OC)cc23)c(F)c1. The Balaban J connectivity index is 1.79. The molecule has 0 atom stereocenters. The van der Waals surface area contributed by atoms with Gasteiger partial charge in [0.15, 0.2) is 23.1 Å². The predicted octanol–water partition coefficient (Wildman–Crippen LogP) is 6.25. The Morgan fingerprint density at radius 3 is 2.61 bits per heavy atom. The number of rotatable bonds is 11. The minimum Gasteiger partial charge on any atom is -0.493 e. The maximum absolute atomic E-state index is 14.4. The summed E-state index contributed by atoms with van der Waals surface area (Å²) in [5, 5.41) is 3.60. The van der Waals surface area contributed by atoms with Crippen LogP contribution in [0.1, 0.15) is 19.3 Å². The third-order valence-corrected chi connectivity index (χ3v) is 4.98. The number of benzene rings is 2. The normalized spacial score (nSPS) is 11.1. The Morgan fingerprint density at radius 2 is 1.87 bits per heavy atom. The lowest BCUT2D eigenvalue weighted by Gasteiger charge is -2.14. The molecule has 0 fully saturated rings. The van der Waals surface area contributed by atoms with E-state index in [1.807, 2.05) is 6.07 Å². The maximum Gasteiger partial charge on any atom is 0.167 e. The largest absolute Gasteiger partial charge is 0.493 e. The van der Waals surface area contributed by atoms with Gasteiger partial charge in [-0.25, -0.2) is 4.39 Å². The molecular formula is C24H27FN2O3S. The van der Waals surface area contributed by atoms with Crippen LogP contribution in [0.15, 0.2) is 54.7 Å². The molecule has 3 aromatic rings. The van der Waals surface area contributed by atoms with Crippen molar-refractivity contribution in [3.8, 4) is 23.0 Å². The first-order valence-corrected chi connectivity index (χ1v) is 10.8. The average molecular weight is 443 g/mol. The van der Waals surface area contributed by atoms with Gasteiger partial charge in [-0.05, 0) is 49.3 Å². The van der Waals surface area contributed by atoms with Gasteiger partial charge in [0.25, 0.3) is 0 Å². The number of nitrogens with one attached hydrogen (secondary N) is 1. The summed E-state index contributed by atoms with van der Waals surface area (Å²) in [4.78, 5) is 4.41. The van der Waals surface area contributed by atoms with Crippen LogP contribution in [0.2, 0.25) is 0 Å². The number of pyridine rings is 1. The van der Waals surface area contributed by atoms with E-state index in [2.05, 4.69) is 35.1 Å². The van der Waals surface area contributed by atoms with Crippen molar-refractivity contribution in [2.24, 2.45) is 0 Å². The predicted molar refractivity (Wildman–Crippen MR) is 127 cm³/mol. The second kappa shape index (κ2) is 11.5. The van der Waals surface area contributed by atoms with Crippen molar-refractivity contribution in [1.82, 2.24) is 4.98 Å². The van der Waals surface area contributed by atoms with E-state index in [1.54, 1.807) is 44.6 Å². The summed E-state index contributed by atoms with van der Waals surface area (Å²) in [6, 6.07) is 10.0. The van der Waals surface area contributed by atoms with Gasteiger partial charge >= 0.3 is 0 Å². The van der Waals surface area contributed by atoms with Gasteiger partial charge in [0.05, 0.1) is 19.2 Å². The highest BCUT2D eigenvalue weighted by Gasteiger charge is 2.13. The Morgan fingerprint density at radius 1 is 1.03 bits per heavy atom. The topological polar surface area (TPSA) is 52.6 Å². The Hall–Kier alpha value is -2.93. The highest BCUT2D eigenvalue weighted by molar-refractivity contribution is 7.80. The molecule has 164 valence electrons. The molecule has 1 aromatic heterocycles. The van der Waals surface area contributed by atoms with Crippen LogP contribution < -0.4 is 19.5 Å². The lowest BCUT2D eigenvalue weighted by atomic mass is 10.1. The second-order valence-electron chi connectivity index (χ2n) is 6.80. The fraction of sp³-hybridized carbons (Fsp3) is 0.292. The molecule has 2 aromatic carbocycles. The first-order chi connectivity index (χ1) is 15.2. The molecular weight excluding hydrogens is 415 g/mol. The van der Waals surface area contributed by atoms with Crippen molar-refractivity contribution in [2.75, 3.05) is 31.8 Å². The zero-order valence-electron chi connectivity index (χ0n) is 17.7. The van der Waals surface area contributed by atoms with Gasteiger partial charge in [0.1, 0.15) is 5.75 Å². The number of thiol groups is 1. The summed E-state index contributed by atoms with van der Waals surface area (Å²) in [7, 11) is 3.32. The Bertz CT molecular complexity index is 1040. The minimum atomic E-state index is -0.453. The monoisotopic (exact) mass is 442 g/mol. The quantitative estimate of drug-likeness (QED) is 0.209. The van der Waals surface area contributed by atoms with Gasteiger partial charge < -0.3 is 19.5 Å². The molecule has 1 heterocycles. The standard InChI is InChI=1S/C24H27FN2O3S/c1-26-17-8-9-22(19(25)14-17)30-21-10-11-27-20-16-24(23(28-2)15-18(20)21)29-12-6-4-3-5-7-13-31/h3-4,8-11,14-16,26,31H,5-7,12-13H2,1-2H3/b4-3+. The molecule has 0 radical (unpaired) electrons. The third kappa shape index (κ3) is 6.04. The number of nitrogens with zero attached hydrogens (tertiary/aromatic N) is 1. The number of hydrogen-bond acceptors (Lipinski definition) is 6. The molecule has 0 saturated carbocycles. The van der Waals surface area contributed by atoms with E-state index < -0.39 is 5.82 Å². The van der Waals surface area contributed by atoms with Gasteiger partial charge in [-0.1, -0.05) is 12.2 Å². The van der Waals surface area contributed by atoms with E-state index in [0.29, 0.717) is 40.4 Å². The van der Waals surface area contributed by atoms with E-state index in [9.17, 15) is 4.39 Å². The molecule has 5 nitrogen and oxygen atoms in total. The molecule has 0 saturated heterocycles. The van der Waals surface area contributed by atoms with E-state index in [4.69, 9.17) is 14.2 Å². The van der Waals surface area contributed by atoms with Gasteiger partial charge in [0, 0.05) is 36.5 Å². The van der Waals surface area contributed by atoms with E-state index in [-0.39, 0.29) is 5.75 Å². The minimum absolute atomic E-state index is 0.135. The van der Waals surface area contributed by atoms with Crippen LogP contribution in [0, 0.1) is 5.82 Å². The summed E-state index contributed by atoms with van der Waals surface area (Å²) in [6.07, 6.45) is 8.76. The van der Waals surface area contributed by atoms with E-state index in [1.165, 1.54) is 6.07 Å². The second-order valence-corrected chi connectivity index (χ2v) is 7.25. The first-order valence-electron chi connectivity index (χ1n) is 10.2. The maximum atomic E-state index is 14.4. The van der Waals surface area contributed by atoms with Crippen molar-refractivity contribution in [2.45, 2.75) is 19.3 Å². The molecule has 0 aliphatic rings. The van der Waals surface area contributed by atoms with Crippen LogP contribution in [0.3, 0.4) is 0 Å². The highest BCUT2D eigenvalue weighted by Crippen LogP contribution is 2.37. The lowest BCUT2D eigenvalue weighted by Crippen LogP contribution is -1.99. The number of fused-ring (bicyclic) bond motifs is 1. The van der Waals surface area contributed by atoms with Crippen molar-refractivity contribution in [3.05, 3.63) is 60.6 Å². The molecule has 0 aliphatic carbocycles. The first kappa shape index (κ1) is 22.7. The van der Waals surface area contributed by atoms with Crippen LogP contribution in [0.5, 0.6) is 23.0 Å². The number of ether oxygens (including phenoxy) is 3. The van der Waals surface area contributed by atoms with Crippen LogP contribution in [0.25, 0.3) is 10.9 Å². The smallest absolute Gasteiger partial charge is 0.167 e. The molecule has 1 N–H and O–H groups in total.